The first-order valence-electron chi connectivity index (χ1n) is 10.7. The number of nitrogens with one attached hydrogen (secondary N) is 1. The molecular weight excluding hydrogens is 380 g/mol. The molecule has 0 aromatic heterocycles. The summed E-state index contributed by atoms with van der Waals surface area (Å²) in [6.07, 6.45) is 2.00. The molecule has 2 aromatic carbocycles. The maximum atomic E-state index is 11.6. The number of aryl methyl sites for hydroxylation is 1. The Labute approximate surface area is 177 Å². The number of hydrogen-bond acceptors (Lipinski definition) is 4. The molecule has 2 aliphatic heterocycles. The Balaban J connectivity index is 1.30. The van der Waals surface area contributed by atoms with Gasteiger partial charge in [0, 0.05) is 31.0 Å². The summed E-state index contributed by atoms with van der Waals surface area (Å²) >= 11 is 0. The van der Waals surface area contributed by atoms with E-state index in [0.717, 1.165) is 36.3 Å². The van der Waals surface area contributed by atoms with Gasteiger partial charge in [-0.2, -0.15) is 0 Å². The van der Waals surface area contributed by atoms with E-state index < -0.39 is 11.7 Å². The highest BCUT2D eigenvalue weighted by molar-refractivity contribution is 5.94. The molecule has 0 spiro atoms. The van der Waals surface area contributed by atoms with Gasteiger partial charge in [-0.15, -0.1) is 0 Å². The van der Waals surface area contributed by atoms with Crippen LogP contribution in [-0.2, 0) is 16.8 Å². The van der Waals surface area contributed by atoms with Crippen molar-refractivity contribution in [1.29, 1.82) is 0 Å². The molecule has 0 bridgehead atoms. The fraction of sp³-hybridized carbons (Fsp3) is 0.458. The number of rotatable bonds is 6. The number of nitrogens with zero attached hydrogens (tertiary/aromatic N) is 1. The molecule has 2 heterocycles. The lowest BCUT2D eigenvalue weighted by Crippen LogP contribution is -2.57. The number of aliphatic hydroxyl groups is 2. The maximum absolute atomic E-state index is 11.6. The SMILES string of the molecule is C[N+]1(CC(O)COc2ccc3c(c2)NC(=O)CC3)CCC(O)(c2ccccc2)CC1. The first kappa shape index (κ1) is 20.8. The van der Waals surface area contributed by atoms with Crippen LogP contribution in [0, 0.1) is 0 Å². The third kappa shape index (κ3) is 4.67. The van der Waals surface area contributed by atoms with Crippen LogP contribution in [0.3, 0.4) is 0 Å². The van der Waals surface area contributed by atoms with E-state index in [-0.39, 0.29) is 12.5 Å². The van der Waals surface area contributed by atoms with E-state index in [0.29, 0.717) is 36.0 Å². The Morgan fingerprint density at radius 2 is 1.87 bits per heavy atom. The molecule has 3 N–H and O–H groups in total. The molecule has 1 fully saturated rings. The summed E-state index contributed by atoms with van der Waals surface area (Å²) in [7, 11) is 2.13. The number of likely N-dealkylation sites (tertiary alicyclic amines) is 1. The highest BCUT2D eigenvalue weighted by Crippen LogP contribution is 2.35. The molecule has 30 heavy (non-hydrogen) atoms. The zero-order chi connectivity index (χ0) is 21.2. The zero-order valence-corrected chi connectivity index (χ0v) is 17.5. The van der Waals surface area contributed by atoms with Crippen LogP contribution in [-0.4, -0.2) is 60.0 Å². The summed E-state index contributed by atoms with van der Waals surface area (Å²) in [5, 5.41) is 24.5. The molecule has 6 nitrogen and oxygen atoms in total. The van der Waals surface area contributed by atoms with Crippen LogP contribution in [0.15, 0.2) is 48.5 Å². The van der Waals surface area contributed by atoms with E-state index >= 15 is 0 Å². The van der Waals surface area contributed by atoms with Gasteiger partial charge in [0.2, 0.25) is 5.91 Å². The van der Waals surface area contributed by atoms with Gasteiger partial charge in [-0.1, -0.05) is 36.4 Å². The van der Waals surface area contributed by atoms with E-state index in [9.17, 15) is 15.0 Å². The third-order valence-corrected chi connectivity index (χ3v) is 6.51. The van der Waals surface area contributed by atoms with Gasteiger partial charge in [0.05, 0.1) is 20.1 Å². The van der Waals surface area contributed by atoms with Crippen molar-refractivity contribution in [1.82, 2.24) is 0 Å². The fourth-order valence-electron chi connectivity index (χ4n) is 4.56. The van der Waals surface area contributed by atoms with Crippen LogP contribution in [0.2, 0.25) is 0 Å². The van der Waals surface area contributed by atoms with Gasteiger partial charge in [-0.25, -0.2) is 0 Å². The van der Waals surface area contributed by atoms with E-state index in [1.807, 2.05) is 48.5 Å². The lowest BCUT2D eigenvalue weighted by Gasteiger charge is -2.45. The third-order valence-electron chi connectivity index (χ3n) is 6.51. The minimum absolute atomic E-state index is 0.0256. The zero-order valence-electron chi connectivity index (χ0n) is 17.5. The van der Waals surface area contributed by atoms with E-state index in [2.05, 4.69) is 12.4 Å². The second-order valence-corrected chi connectivity index (χ2v) is 8.98. The minimum atomic E-state index is -0.784. The molecule has 0 saturated carbocycles. The van der Waals surface area contributed by atoms with Crippen molar-refractivity contribution in [2.45, 2.75) is 37.4 Å². The van der Waals surface area contributed by atoms with Gasteiger partial charge < -0.3 is 24.7 Å². The summed E-state index contributed by atoms with van der Waals surface area (Å²) < 4.78 is 6.51. The van der Waals surface area contributed by atoms with Crippen molar-refractivity contribution < 1.29 is 24.2 Å². The van der Waals surface area contributed by atoms with Crippen molar-refractivity contribution in [3.8, 4) is 5.75 Å². The van der Waals surface area contributed by atoms with Gasteiger partial charge in [0.1, 0.15) is 30.6 Å². The molecule has 6 heteroatoms. The molecule has 2 aromatic rings. The predicted molar refractivity (Wildman–Crippen MR) is 115 cm³/mol. The Morgan fingerprint density at radius 3 is 2.60 bits per heavy atom. The van der Waals surface area contributed by atoms with Crippen LogP contribution in [0.25, 0.3) is 0 Å². The molecule has 1 saturated heterocycles. The Bertz CT molecular complexity index is 891. The van der Waals surface area contributed by atoms with Crippen molar-refractivity contribution in [2.24, 2.45) is 0 Å². The molecule has 1 unspecified atom stereocenters. The number of quaternary nitrogens is 1. The quantitative estimate of drug-likeness (QED) is 0.638. The number of hydrogen-bond donors (Lipinski definition) is 3. The molecule has 1 amide bonds. The van der Waals surface area contributed by atoms with E-state index in [4.69, 9.17) is 4.74 Å². The van der Waals surface area contributed by atoms with Gasteiger partial charge in [0.25, 0.3) is 0 Å². The smallest absolute Gasteiger partial charge is 0.224 e. The summed E-state index contributed by atoms with van der Waals surface area (Å²) in [5.41, 5.74) is 2.10. The monoisotopic (exact) mass is 411 g/mol. The second kappa shape index (κ2) is 8.38. The first-order chi connectivity index (χ1) is 14.4. The lowest BCUT2D eigenvalue weighted by molar-refractivity contribution is -0.919. The van der Waals surface area contributed by atoms with Gasteiger partial charge >= 0.3 is 0 Å². The summed E-state index contributed by atoms with van der Waals surface area (Å²) in [5.74, 6) is 0.674. The van der Waals surface area contributed by atoms with Crippen LogP contribution in [0.1, 0.15) is 30.4 Å². The molecule has 0 aliphatic carbocycles. The maximum Gasteiger partial charge on any atom is 0.224 e. The van der Waals surface area contributed by atoms with E-state index in [1.54, 1.807) is 0 Å². The van der Waals surface area contributed by atoms with Crippen LogP contribution >= 0.6 is 0 Å². The normalized spacial score (nSPS) is 27.1. The lowest BCUT2D eigenvalue weighted by atomic mass is 9.83. The Hall–Kier alpha value is -2.41. The average molecular weight is 412 g/mol. The number of aliphatic hydroxyl groups excluding tert-OH is 1. The summed E-state index contributed by atoms with van der Waals surface area (Å²) in [6, 6.07) is 15.5. The summed E-state index contributed by atoms with van der Waals surface area (Å²) in [6.45, 7) is 2.37. The second-order valence-electron chi connectivity index (χ2n) is 8.98. The number of anilines is 1. The number of fused-ring (bicyclic) bond motifs is 1. The number of benzene rings is 2. The predicted octanol–water partition coefficient (Wildman–Crippen LogP) is 2.44. The van der Waals surface area contributed by atoms with Gasteiger partial charge in [-0.05, 0) is 23.6 Å². The topological polar surface area (TPSA) is 78.8 Å². The average Bonchev–Trinajstić information content (AvgIpc) is 2.75. The molecule has 160 valence electrons. The first-order valence-corrected chi connectivity index (χ1v) is 10.7. The van der Waals surface area contributed by atoms with Crippen molar-refractivity contribution in [2.75, 3.05) is 38.6 Å². The molecular formula is C24H31N2O4+. The number of carbonyl (C=O) groups is 1. The van der Waals surface area contributed by atoms with Crippen molar-refractivity contribution in [3.63, 3.8) is 0 Å². The number of carbonyl (C=O) groups excluding carboxylic acids is 1. The largest absolute Gasteiger partial charge is 0.491 e. The highest BCUT2D eigenvalue weighted by Gasteiger charge is 2.41. The molecule has 0 radical (unpaired) electrons. The Morgan fingerprint density at radius 1 is 1.13 bits per heavy atom. The number of amides is 1. The van der Waals surface area contributed by atoms with Crippen molar-refractivity contribution in [3.05, 3.63) is 59.7 Å². The minimum Gasteiger partial charge on any atom is -0.491 e. The summed E-state index contributed by atoms with van der Waals surface area (Å²) in [4.78, 5) is 11.6. The molecule has 2 aliphatic rings. The van der Waals surface area contributed by atoms with Gasteiger partial charge in [0.15, 0.2) is 0 Å². The van der Waals surface area contributed by atoms with Crippen LogP contribution in [0.4, 0.5) is 5.69 Å². The fourth-order valence-corrected chi connectivity index (χ4v) is 4.56. The van der Waals surface area contributed by atoms with Crippen LogP contribution in [0.5, 0.6) is 5.75 Å². The highest BCUT2D eigenvalue weighted by atomic mass is 16.5. The molecule has 4 rings (SSSR count). The number of likely N-dealkylation sites (N-methyl/N-ethyl adjacent to an activating group) is 1. The molecule has 1 atom stereocenters. The van der Waals surface area contributed by atoms with Gasteiger partial charge in [-0.3, -0.25) is 4.79 Å². The number of ether oxygens (including phenoxy) is 1. The van der Waals surface area contributed by atoms with Crippen molar-refractivity contribution >= 4 is 11.6 Å². The van der Waals surface area contributed by atoms with Crippen LogP contribution < -0.4 is 10.1 Å². The number of piperidine rings is 1. The Kier molecular flexibility index (Phi) is 5.82. The standard InChI is InChI=1S/C24H30N2O4/c1-26(13-11-24(29,12-14-26)19-5-3-2-4-6-19)16-20(27)17-30-21-9-7-18-8-10-23(28)25-22(18)15-21/h2-7,9,15,20,27,29H,8,10-14,16-17H2,1H3/p+1. The van der Waals surface area contributed by atoms with E-state index in [1.165, 1.54) is 0 Å².